The third-order valence-corrected chi connectivity index (χ3v) is 6.12. The Kier molecular flexibility index (Phi) is 6.66. The molecule has 162 valence electrons. The summed E-state index contributed by atoms with van der Waals surface area (Å²) >= 11 is 1.63. The SMILES string of the molecule is Cc1ccc(-c2csc(-c3ccc(CNC(=O)COc4ccc(C)cc4C)cc3)n2)cc1. The number of hydrogen-bond donors (Lipinski definition) is 1. The number of benzene rings is 3. The van der Waals surface area contributed by atoms with E-state index < -0.39 is 0 Å². The lowest BCUT2D eigenvalue weighted by Gasteiger charge is -2.10. The summed E-state index contributed by atoms with van der Waals surface area (Å²) in [6.07, 6.45) is 0. The van der Waals surface area contributed by atoms with Crippen LogP contribution in [0, 0.1) is 20.8 Å². The predicted octanol–water partition coefficient (Wildman–Crippen LogP) is 6.10. The lowest BCUT2D eigenvalue weighted by atomic mass is 10.1. The minimum Gasteiger partial charge on any atom is -0.484 e. The molecule has 5 heteroatoms. The van der Waals surface area contributed by atoms with Crippen LogP contribution in [0.5, 0.6) is 5.75 Å². The molecule has 0 radical (unpaired) electrons. The average molecular weight is 443 g/mol. The topological polar surface area (TPSA) is 51.2 Å². The summed E-state index contributed by atoms with van der Waals surface area (Å²) in [5.41, 5.74) is 7.66. The summed E-state index contributed by atoms with van der Waals surface area (Å²) in [7, 11) is 0. The highest BCUT2D eigenvalue weighted by molar-refractivity contribution is 7.13. The zero-order chi connectivity index (χ0) is 22.5. The second-order valence-electron chi connectivity index (χ2n) is 7.94. The van der Waals surface area contributed by atoms with Crippen LogP contribution in [0.15, 0.2) is 72.1 Å². The van der Waals surface area contributed by atoms with Crippen molar-refractivity contribution in [1.29, 1.82) is 0 Å². The molecule has 0 saturated heterocycles. The molecular formula is C27H26N2O2S. The Labute approximate surface area is 192 Å². The number of nitrogens with zero attached hydrogens (tertiary/aromatic N) is 1. The van der Waals surface area contributed by atoms with Gasteiger partial charge in [0.05, 0.1) is 5.69 Å². The Hall–Kier alpha value is -3.44. The second-order valence-corrected chi connectivity index (χ2v) is 8.79. The summed E-state index contributed by atoms with van der Waals surface area (Å²) in [6.45, 7) is 6.56. The van der Waals surface area contributed by atoms with Crippen LogP contribution in [-0.2, 0) is 11.3 Å². The Morgan fingerprint density at radius 1 is 0.906 bits per heavy atom. The van der Waals surface area contributed by atoms with Crippen LogP contribution in [0.1, 0.15) is 22.3 Å². The van der Waals surface area contributed by atoms with Gasteiger partial charge in [-0.3, -0.25) is 4.79 Å². The van der Waals surface area contributed by atoms with Crippen LogP contribution in [-0.4, -0.2) is 17.5 Å². The van der Waals surface area contributed by atoms with Crippen molar-refractivity contribution in [3.63, 3.8) is 0 Å². The number of nitrogens with one attached hydrogen (secondary N) is 1. The average Bonchev–Trinajstić information content (AvgIpc) is 3.28. The van der Waals surface area contributed by atoms with Gasteiger partial charge in [-0.25, -0.2) is 4.98 Å². The molecule has 1 amide bonds. The van der Waals surface area contributed by atoms with Gasteiger partial charge in [0.25, 0.3) is 5.91 Å². The third-order valence-electron chi connectivity index (χ3n) is 5.23. The van der Waals surface area contributed by atoms with Crippen molar-refractivity contribution >= 4 is 17.2 Å². The van der Waals surface area contributed by atoms with E-state index in [9.17, 15) is 4.79 Å². The Morgan fingerprint density at radius 2 is 1.59 bits per heavy atom. The number of carbonyl (C=O) groups is 1. The van der Waals surface area contributed by atoms with E-state index in [1.54, 1.807) is 11.3 Å². The van der Waals surface area contributed by atoms with Crippen molar-refractivity contribution < 1.29 is 9.53 Å². The maximum atomic E-state index is 12.2. The zero-order valence-electron chi connectivity index (χ0n) is 18.5. The monoisotopic (exact) mass is 442 g/mol. The lowest BCUT2D eigenvalue weighted by Crippen LogP contribution is -2.28. The van der Waals surface area contributed by atoms with E-state index in [2.05, 4.69) is 41.9 Å². The van der Waals surface area contributed by atoms with Gasteiger partial charge in [-0.2, -0.15) is 0 Å². The first-order chi connectivity index (χ1) is 15.5. The van der Waals surface area contributed by atoms with Crippen molar-refractivity contribution in [1.82, 2.24) is 10.3 Å². The standard InChI is InChI=1S/C27H26N2O2S/c1-18-4-9-22(10-5-18)24-17-32-27(29-24)23-11-7-21(8-12-23)15-28-26(30)16-31-25-13-6-19(2)14-20(25)3/h4-14,17H,15-16H2,1-3H3,(H,28,30). The minimum atomic E-state index is -0.142. The molecule has 0 saturated carbocycles. The van der Waals surface area contributed by atoms with Crippen molar-refractivity contribution in [2.45, 2.75) is 27.3 Å². The van der Waals surface area contributed by atoms with Crippen LogP contribution in [0.4, 0.5) is 0 Å². The molecule has 0 spiro atoms. The van der Waals surface area contributed by atoms with Gasteiger partial charge in [-0.05, 0) is 38.0 Å². The number of aryl methyl sites for hydroxylation is 3. The van der Waals surface area contributed by atoms with E-state index in [0.29, 0.717) is 6.54 Å². The van der Waals surface area contributed by atoms with E-state index >= 15 is 0 Å². The van der Waals surface area contributed by atoms with Gasteiger partial charge in [0.2, 0.25) is 0 Å². The normalized spacial score (nSPS) is 10.7. The molecule has 4 aromatic rings. The molecule has 4 rings (SSSR count). The molecule has 1 N–H and O–H groups in total. The highest BCUT2D eigenvalue weighted by Crippen LogP contribution is 2.29. The fourth-order valence-electron chi connectivity index (χ4n) is 3.38. The van der Waals surface area contributed by atoms with E-state index in [1.165, 1.54) is 11.1 Å². The number of ether oxygens (including phenoxy) is 1. The van der Waals surface area contributed by atoms with Gasteiger partial charge < -0.3 is 10.1 Å². The van der Waals surface area contributed by atoms with Gasteiger partial charge in [-0.15, -0.1) is 11.3 Å². The number of carbonyl (C=O) groups excluding carboxylic acids is 1. The van der Waals surface area contributed by atoms with Gasteiger partial charge >= 0.3 is 0 Å². The first-order valence-corrected chi connectivity index (χ1v) is 11.4. The third kappa shape index (κ3) is 5.42. The maximum Gasteiger partial charge on any atom is 0.258 e. The van der Waals surface area contributed by atoms with Crippen LogP contribution in [0.3, 0.4) is 0 Å². The molecule has 0 unspecified atom stereocenters. The second kappa shape index (κ2) is 9.79. The molecule has 0 fully saturated rings. The molecule has 0 aliphatic heterocycles. The van der Waals surface area contributed by atoms with Crippen molar-refractivity contribution in [3.8, 4) is 27.6 Å². The zero-order valence-corrected chi connectivity index (χ0v) is 19.3. The first kappa shape index (κ1) is 21.8. The summed E-state index contributed by atoms with van der Waals surface area (Å²) < 4.78 is 5.65. The fraction of sp³-hybridized carbons (Fsp3) is 0.185. The van der Waals surface area contributed by atoms with Crippen molar-refractivity contribution in [3.05, 3.63) is 94.4 Å². The Morgan fingerprint density at radius 3 is 2.31 bits per heavy atom. The summed E-state index contributed by atoms with van der Waals surface area (Å²) in [6, 6.07) is 22.5. The highest BCUT2D eigenvalue weighted by atomic mass is 32.1. The molecule has 0 atom stereocenters. The molecule has 1 heterocycles. The maximum absolute atomic E-state index is 12.2. The van der Waals surface area contributed by atoms with Crippen LogP contribution in [0.25, 0.3) is 21.8 Å². The first-order valence-electron chi connectivity index (χ1n) is 10.6. The molecule has 0 aliphatic carbocycles. The van der Waals surface area contributed by atoms with E-state index in [1.807, 2.05) is 56.3 Å². The summed E-state index contributed by atoms with van der Waals surface area (Å²) in [4.78, 5) is 17.0. The smallest absolute Gasteiger partial charge is 0.258 e. The van der Waals surface area contributed by atoms with Crippen molar-refractivity contribution in [2.75, 3.05) is 6.61 Å². The predicted molar refractivity (Wildman–Crippen MR) is 131 cm³/mol. The molecule has 32 heavy (non-hydrogen) atoms. The molecule has 3 aromatic carbocycles. The Balaban J connectivity index is 1.31. The Bertz CT molecular complexity index is 1210. The van der Waals surface area contributed by atoms with Crippen LogP contribution >= 0.6 is 11.3 Å². The minimum absolute atomic E-state index is 0.00286. The molecule has 4 nitrogen and oxygen atoms in total. The number of hydrogen-bond acceptors (Lipinski definition) is 4. The largest absolute Gasteiger partial charge is 0.484 e. The molecule has 1 aromatic heterocycles. The number of amides is 1. The fourth-order valence-corrected chi connectivity index (χ4v) is 4.22. The number of rotatable bonds is 7. The van der Waals surface area contributed by atoms with Gasteiger partial charge in [0.1, 0.15) is 10.8 Å². The van der Waals surface area contributed by atoms with E-state index in [0.717, 1.165) is 38.7 Å². The van der Waals surface area contributed by atoms with Gasteiger partial charge in [0, 0.05) is 23.1 Å². The summed E-state index contributed by atoms with van der Waals surface area (Å²) in [5.74, 6) is 0.597. The van der Waals surface area contributed by atoms with Crippen LogP contribution < -0.4 is 10.1 Å². The van der Waals surface area contributed by atoms with Gasteiger partial charge in [-0.1, -0.05) is 71.8 Å². The van der Waals surface area contributed by atoms with E-state index in [4.69, 9.17) is 9.72 Å². The molecular weight excluding hydrogens is 416 g/mol. The highest BCUT2D eigenvalue weighted by Gasteiger charge is 2.08. The van der Waals surface area contributed by atoms with E-state index in [-0.39, 0.29) is 12.5 Å². The number of aromatic nitrogens is 1. The quantitative estimate of drug-likeness (QED) is 0.376. The molecule has 0 aliphatic rings. The molecule has 0 bridgehead atoms. The van der Waals surface area contributed by atoms with Crippen LogP contribution in [0.2, 0.25) is 0 Å². The summed E-state index contributed by atoms with van der Waals surface area (Å²) in [5, 5.41) is 5.98. The van der Waals surface area contributed by atoms with Gasteiger partial charge in [0.15, 0.2) is 6.61 Å². The number of thiazole rings is 1. The lowest BCUT2D eigenvalue weighted by molar-refractivity contribution is -0.123. The van der Waals surface area contributed by atoms with Crippen molar-refractivity contribution in [2.24, 2.45) is 0 Å².